The molecule has 2 N–H and O–H groups in total. The fraction of sp³-hybridized carbons (Fsp3) is 0.0476. The van der Waals surface area contributed by atoms with Crippen LogP contribution in [0.25, 0.3) is 22.2 Å². The molecule has 4 rings (SSSR count). The summed E-state index contributed by atoms with van der Waals surface area (Å²) < 4.78 is 4.73. The van der Waals surface area contributed by atoms with Crippen molar-refractivity contribution in [1.29, 1.82) is 0 Å². The lowest BCUT2D eigenvalue weighted by atomic mass is 10.1. The van der Waals surface area contributed by atoms with Gasteiger partial charge in [-0.1, -0.05) is 35.9 Å². The van der Waals surface area contributed by atoms with Crippen molar-refractivity contribution in [2.24, 2.45) is 0 Å². The molecule has 3 aromatic carbocycles. The number of benzene rings is 3. The van der Waals surface area contributed by atoms with Crippen LogP contribution >= 0.6 is 11.6 Å². The summed E-state index contributed by atoms with van der Waals surface area (Å²) in [6, 6.07) is 20.7. The van der Waals surface area contributed by atoms with E-state index in [0.717, 1.165) is 33.5 Å². The second kappa shape index (κ2) is 7.13. The lowest BCUT2D eigenvalue weighted by molar-refractivity contribution is 0.0601. The van der Waals surface area contributed by atoms with Gasteiger partial charge in [-0.15, -0.1) is 0 Å². The molecule has 134 valence electrons. The highest BCUT2D eigenvalue weighted by Crippen LogP contribution is 2.30. The summed E-state index contributed by atoms with van der Waals surface area (Å²) in [7, 11) is 1.37. The average molecular weight is 378 g/mol. The number of fused-ring (bicyclic) bond motifs is 1. The molecule has 27 heavy (non-hydrogen) atoms. The summed E-state index contributed by atoms with van der Waals surface area (Å²) in [6.07, 6.45) is 0. The van der Waals surface area contributed by atoms with E-state index in [-0.39, 0.29) is 5.97 Å². The van der Waals surface area contributed by atoms with Crippen molar-refractivity contribution in [3.05, 3.63) is 77.3 Å². The van der Waals surface area contributed by atoms with Gasteiger partial charge in [0.1, 0.15) is 0 Å². The average Bonchev–Trinajstić information content (AvgIpc) is 3.12. The zero-order valence-electron chi connectivity index (χ0n) is 14.5. The van der Waals surface area contributed by atoms with E-state index in [1.165, 1.54) is 7.11 Å². The van der Waals surface area contributed by atoms with E-state index in [0.29, 0.717) is 10.6 Å². The number of methoxy groups -OCH3 is 1. The summed E-state index contributed by atoms with van der Waals surface area (Å²) >= 11 is 6.21. The highest BCUT2D eigenvalue weighted by atomic mass is 35.5. The number of aromatic amines is 1. The zero-order valence-corrected chi connectivity index (χ0v) is 15.2. The number of hydrogen-bond acceptors (Lipinski definition) is 4. The van der Waals surface area contributed by atoms with Gasteiger partial charge in [0.25, 0.3) is 0 Å². The van der Waals surface area contributed by atoms with Gasteiger partial charge in [0, 0.05) is 16.6 Å². The third-order valence-electron chi connectivity index (χ3n) is 4.30. The fourth-order valence-electron chi connectivity index (χ4n) is 2.92. The van der Waals surface area contributed by atoms with Gasteiger partial charge in [0.15, 0.2) is 0 Å². The van der Waals surface area contributed by atoms with Crippen LogP contribution in [0.5, 0.6) is 0 Å². The first-order valence-electron chi connectivity index (χ1n) is 8.34. The minimum Gasteiger partial charge on any atom is -0.465 e. The maximum absolute atomic E-state index is 11.6. The Bertz CT molecular complexity index is 1120. The third kappa shape index (κ3) is 3.37. The van der Waals surface area contributed by atoms with Gasteiger partial charge in [-0.3, -0.25) is 5.10 Å². The molecular weight excluding hydrogens is 362 g/mol. The normalized spacial score (nSPS) is 10.7. The Morgan fingerprint density at radius 3 is 2.59 bits per heavy atom. The summed E-state index contributed by atoms with van der Waals surface area (Å²) in [5.74, 6) is -0.358. The number of esters is 1. The Kier molecular flexibility index (Phi) is 4.52. The molecule has 0 radical (unpaired) electrons. The van der Waals surface area contributed by atoms with Gasteiger partial charge in [-0.25, -0.2) is 4.79 Å². The number of aromatic nitrogens is 2. The molecule has 1 aromatic heterocycles. The Hall–Kier alpha value is -3.31. The molecule has 0 aliphatic carbocycles. The zero-order chi connectivity index (χ0) is 18.8. The summed E-state index contributed by atoms with van der Waals surface area (Å²) in [4.78, 5) is 11.6. The minimum absolute atomic E-state index is 0.358. The van der Waals surface area contributed by atoms with E-state index in [2.05, 4.69) is 15.5 Å². The molecule has 0 aliphatic rings. The molecule has 0 spiro atoms. The monoisotopic (exact) mass is 377 g/mol. The SMILES string of the molecule is COC(=O)c1ccc(-c2n[nH]c3cc(Nc4ccccc4Cl)ccc23)cc1. The second-order valence-electron chi connectivity index (χ2n) is 6.01. The maximum Gasteiger partial charge on any atom is 0.337 e. The quantitative estimate of drug-likeness (QED) is 0.466. The number of hydrogen-bond donors (Lipinski definition) is 2. The van der Waals surface area contributed by atoms with Crippen molar-refractivity contribution < 1.29 is 9.53 Å². The van der Waals surface area contributed by atoms with Crippen LogP contribution in [0.4, 0.5) is 11.4 Å². The Labute approximate surface area is 160 Å². The van der Waals surface area contributed by atoms with E-state index in [1.807, 2.05) is 54.6 Å². The van der Waals surface area contributed by atoms with Crippen molar-refractivity contribution in [2.75, 3.05) is 12.4 Å². The van der Waals surface area contributed by atoms with Gasteiger partial charge in [-0.2, -0.15) is 5.10 Å². The number of carbonyl (C=O) groups excluding carboxylic acids is 1. The number of rotatable bonds is 4. The molecule has 0 saturated heterocycles. The molecule has 0 unspecified atom stereocenters. The molecule has 0 aliphatic heterocycles. The standard InChI is InChI=1S/C21H16ClN3O2/c1-27-21(26)14-8-6-13(7-9-14)20-16-11-10-15(12-19(16)24-25-20)23-18-5-3-2-4-17(18)22/h2-12,23H,1H3,(H,24,25). The number of H-pyrrole nitrogens is 1. The van der Waals surface area contributed by atoms with Crippen LogP contribution in [0.3, 0.4) is 0 Å². The highest BCUT2D eigenvalue weighted by molar-refractivity contribution is 6.33. The second-order valence-corrected chi connectivity index (χ2v) is 6.41. The molecule has 0 fully saturated rings. The van der Waals surface area contributed by atoms with Crippen molar-refractivity contribution >= 4 is 39.8 Å². The van der Waals surface area contributed by atoms with E-state index in [1.54, 1.807) is 12.1 Å². The molecule has 0 saturated carbocycles. The summed E-state index contributed by atoms with van der Waals surface area (Å²) in [5, 5.41) is 12.5. The smallest absolute Gasteiger partial charge is 0.337 e. The number of nitrogens with one attached hydrogen (secondary N) is 2. The van der Waals surface area contributed by atoms with Crippen molar-refractivity contribution in [2.45, 2.75) is 0 Å². The van der Waals surface area contributed by atoms with Crippen molar-refractivity contribution in [3.8, 4) is 11.3 Å². The molecule has 4 aromatic rings. The molecule has 0 atom stereocenters. The molecular formula is C21H16ClN3O2. The van der Waals surface area contributed by atoms with Crippen LogP contribution in [0.2, 0.25) is 5.02 Å². The predicted molar refractivity (Wildman–Crippen MR) is 108 cm³/mol. The number of anilines is 2. The summed E-state index contributed by atoms with van der Waals surface area (Å²) in [5.41, 5.74) is 4.90. The highest BCUT2D eigenvalue weighted by Gasteiger charge is 2.11. The molecule has 6 heteroatoms. The van der Waals surface area contributed by atoms with Crippen molar-refractivity contribution in [1.82, 2.24) is 10.2 Å². The van der Waals surface area contributed by atoms with E-state index in [4.69, 9.17) is 16.3 Å². The Morgan fingerprint density at radius 2 is 1.85 bits per heavy atom. The Balaban J connectivity index is 1.65. The van der Waals surface area contributed by atoms with Crippen LogP contribution < -0.4 is 5.32 Å². The first-order valence-corrected chi connectivity index (χ1v) is 8.72. The fourth-order valence-corrected chi connectivity index (χ4v) is 3.10. The van der Waals surface area contributed by atoms with Crippen LogP contribution in [-0.4, -0.2) is 23.3 Å². The van der Waals surface area contributed by atoms with Gasteiger partial charge in [0.2, 0.25) is 0 Å². The first-order chi connectivity index (χ1) is 13.2. The molecule has 5 nitrogen and oxygen atoms in total. The number of nitrogens with zero attached hydrogens (tertiary/aromatic N) is 1. The van der Waals surface area contributed by atoms with E-state index < -0.39 is 0 Å². The van der Waals surface area contributed by atoms with Gasteiger partial charge in [-0.05, 0) is 42.5 Å². The molecule has 1 heterocycles. The van der Waals surface area contributed by atoms with Gasteiger partial charge in [0.05, 0.1) is 34.6 Å². The molecule has 0 bridgehead atoms. The van der Waals surface area contributed by atoms with Gasteiger partial charge >= 0.3 is 5.97 Å². The van der Waals surface area contributed by atoms with Crippen LogP contribution in [0, 0.1) is 0 Å². The van der Waals surface area contributed by atoms with Crippen LogP contribution in [-0.2, 0) is 4.74 Å². The summed E-state index contributed by atoms with van der Waals surface area (Å²) in [6.45, 7) is 0. The number of halogens is 1. The first kappa shape index (κ1) is 17.1. The Morgan fingerprint density at radius 1 is 1.07 bits per heavy atom. The number of ether oxygens (including phenoxy) is 1. The van der Waals surface area contributed by atoms with E-state index in [9.17, 15) is 4.79 Å². The minimum atomic E-state index is -0.358. The van der Waals surface area contributed by atoms with E-state index >= 15 is 0 Å². The van der Waals surface area contributed by atoms with Crippen molar-refractivity contribution in [3.63, 3.8) is 0 Å². The topological polar surface area (TPSA) is 67.0 Å². The van der Waals surface area contributed by atoms with Crippen LogP contribution in [0.1, 0.15) is 10.4 Å². The predicted octanol–water partition coefficient (Wildman–Crippen LogP) is 5.41. The largest absolute Gasteiger partial charge is 0.465 e. The maximum atomic E-state index is 11.6. The van der Waals surface area contributed by atoms with Crippen LogP contribution in [0.15, 0.2) is 66.7 Å². The number of carbonyl (C=O) groups is 1. The lowest BCUT2D eigenvalue weighted by Crippen LogP contribution is -2.00. The number of para-hydroxylation sites is 1. The molecule has 0 amide bonds. The third-order valence-corrected chi connectivity index (χ3v) is 4.62. The van der Waals surface area contributed by atoms with Gasteiger partial charge < -0.3 is 10.1 Å². The lowest BCUT2D eigenvalue weighted by Gasteiger charge is -2.08.